The number of rotatable bonds is 3. The van der Waals surface area contributed by atoms with Crippen LogP contribution in [-0.4, -0.2) is 34.0 Å². The van der Waals surface area contributed by atoms with Gasteiger partial charge in [0, 0.05) is 18.8 Å². The summed E-state index contributed by atoms with van der Waals surface area (Å²) in [7, 11) is 0. The van der Waals surface area contributed by atoms with Gasteiger partial charge in [0.15, 0.2) is 5.84 Å². The molecular formula is C22H29N3O2. The average molecular weight is 367 g/mol. The number of ether oxygens (including phenoxy) is 1. The highest BCUT2D eigenvalue weighted by Gasteiger charge is 2.27. The first-order valence-electron chi connectivity index (χ1n) is 9.57. The Kier molecular flexibility index (Phi) is 5.68. The Morgan fingerprint density at radius 3 is 2.44 bits per heavy atom. The van der Waals surface area contributed by atoms with Crippen LogP contribution >= 0.6 is 0 Å². The number of likely N-dealkylation sites (tertiary alicyclic amines) is 1. The van der Waals surface area contributed by atoms with E-state index in [1.165, 1.54) is 12.0 Å². The summed E-state index contributed by atoms with van der Waals surface area (Å²) in [4.78, 5) is 6.73. The number of nitrogens with zero attached hydrogens (tertiary/aromatic N) is 3. The molecule has 1 aromatic carbocycles. The lowest BCUT2D eigenvalue weighted by Gasteiger charge is -2.36. The zero-order chi connectivity index (χ0) is 19.6. The number of aromatic nitrogens is 1. The van der Waals surface area contributed by atoms with E-state index in [9.17, 15) is 5.21 Å². The number of benzene rings is 1. The maximum Gasteiger partial charge on any atom is 0.230 e. The topological polar surface area (TPSA) is 58.0 Å². The molecule has 3 rings (SSSR count). The molecule has 1 aromatic heterocycles. The monoisotopic (exact) mass is 367 g/mol. The smallest absolute Gasteiger partial charge is 0.230 e. The first-order valence-corrected chi connectivity index (χ1v) is 9.57. The number of hydrogen-bond acceptors (Lipinski definition) is 4. The van der Waals surface area contributed by atoms with Crippen LogP contribution in [0.15, 0.2) is 35.5 Å². The van der Waals surface area contributed by atoms with Crippen molar-refractivity contribution in [1.82, 2.24) is 9.88 Å². The second-order valence-corrected chi connectivity index (χ2v) is 7.95. The minimum atomic E-state index is 0.473. The Balaban J connectivity index is 1.97. The molecule has 0 radical (unpaired) electrons. The summed E-state index contributed by atoms with van der Waals surface area (Å²) in [5.41, 5.74) is 3.80. The minimum absolute atomic E-state index is 0.473. The Labute approximate surface area is 161 Å². The minimum Gasteiger partial charge on any atom is -0.438 e. The van der Waals surface area contributed by atoms with Crippen LogP contribution in [0.3, 0.4) is 0 Å². The molecule has 27 heavy (non-hydrogen) atoms. The Morgan fingerprint density at radius 1 is 1.11 bits per heavy atom. The van der Waals surface area contributed by atoms with Crippen molar-refractivity contribution in [3.8, 4) is 11.6 Å². The zero-order valence-electron chi connectivity index (χ0n) is 16.9. The van der Waals surface area contributed by atoms with Crippen molar-refractivity contribution in [2.24, 2.45) is 17.0 Å². The van der Waals surface area contributed by atoms with Gasteiger partial charge in [0.25, 0.3) is 0 Å². The third-order valence-electron chi connectivity index (χ3n) is 5.04. The number of pyridine rings is 1. The van der Waals surface area contributed by atoms with E-state index in [1.807, 2.05) is 38.1 Å². The Morgan fingerprint density at radius 2 is 1.81 bits per heavy atom. The van der Waals surface area contributed by atoms with Crippen molar-refractivity contribution in [3.05, 3.63) is 52.7 Å². The Hall–Kier alpha value is -2.56. The predicted molar refractivity (Wildman–Crippen MR) is 108 cm³/mol. The van der Waals surface area contributed by atoms with Gasteiger partial charge in [-0.3, -0.25) is 0 Å². The molecule has 2 aromatic rings. The largest absolute Gasteiger partial charge is 0.438 e. The highest BCUT2D eigenvalue weighted by Crippen LogP contribution is 2.30. The number of hydrogen-bond donors (Lipinski definition) is 1. The molecule has 0 bridgehead atoms. The first-order chi connectivity index (χ1) is 12.9. The van der Waals surface area contributed by atoms with Crippen molar-refractivity contribution in [3.63, 3.8) is 0 Å². The highest BCUT2D eigenvalue weighted by molar-refractivity contribution is 6.00. The van der Waals surface area contributed by atoms with Gasteiger partial charge < -0.3 is 14.8 Å². The Bertz CT molecular complexity index is 837. The van der Waals surface area contributed by atoms with Crippen molar-refractivity contribution in [2.45, 2.75) is 41.0 Å². The van der Waals surface area contributed by atoms with Crippen molar-refractivity contribution >= 4 is 5.84 Å². The molecule has 1 fully saturated rings. The zero-order valence-corrected chi connectivity index (χ0v) is 16.9. The van der Waals surface area contributed by atoms with E-state index in [0.29, 0.717) is 29.1 Å². The molecule has 1 saturated heterocycles. The molecule has 2 heterocycles. The fraction of sp³-hybridized carbons (Fsp3) is 0.455. The highest BCUT2D eigenvalue weighted by atomic mass is 16.5. The van der Waals surface area contributed by atoms with Crippen LogP contribution < -0.4 is 4.74 Å². The molecule has 0 aliphatic carbocycles. The van der Waals surface area contributed by atoms with Crippen LogP contribution in [-0.2, 0) is 0 Å². The molecule has 1 aliphatic rings. The van der Waals surface area contributed by atoms with Crippen LogP contribution in [0.2, 0.25) is 0 Å². The summed E-state index contributed by atoms with van der Waals surface area (Å²) in [6.45, 7) is 12.2. The third kappa shape index (κ3) is 4.41. The number of oxime groups is 1. The molecule has 5 heteroatoms. The molecule has 0 spiro atoms. The van der Waals surface area contributed by atoms with Crippen LogP contribution in [0, 0.1) is 32.6 Å². The molecule has 144 valence electrons. The van der Waals surface area contributed by atoms with Crippen LogP contribution in [0.5, 0.6) is 11.6 Å². The first kappa shape index (κ1) is 19.2. The fourth-order valence-electron chi connectivity index (χ4n) is 3.92. The predicted octanol–water partition coefficient (Wildman–Crippen LogP) is 4.91. The van der Waals surface area contributed by atoms with Gasteiger partial charge in [-0.1, -0.05) is 36.7 Å². The molecule has 1 aliphatic heterocycles. The van der Waals surface area contributed by atoms with Crippen molar-refractivity contribution in [2.75, 3.05) is 13.1 Å². The van der Waals surface area contributed by atoms with Gasteiger partial charge in [-0.25, -0.2) is 4.98 Å². The molecule has 0 amide bonds. The molecule has 2 atom stereocenters. The maximum atomic E-state index is 9.82. The van der Waals surface area contributed by atoms with E-state index >= 15 is 0 Å². The van der Waals surface area contributed by atoms with Crippen molar-refractivity contribution < 1.29 is 9.94 Å². The van der Waals surface area contributed by atoms with E-state index in [2.05, 4.69) is 41.9 Å². The van der Waals surface area contributed by atoms with Crippen LogP contribution in [0.25, 0.3) is 0 Å². The molecular weight excluding hydrogens is 338 g/mol. The van der Waals surface area contributed by atoms with Gasteiger partial charge >= 0.3 is 0 Å². The number of amidine groups is 1. The average Bonchev–Trinajstić information content (AvgIpc) is 2.59. The lowest BCUT2D eigenvalue weighted by molar-refractivity contribution is 0.204. The van der Waals surface area contributed by atoms with Gasteiger partial charge in [0.2, 0.25) is 5.88 Å². The number of piperidine rings is 1. The van der Waals surface area contributed by atoms with E-state index < -0.39 is 0 Å². The second-order valence-electron chi connectivity index (χ2n) is 7.95. The summed E-state index contributed by atoms with van der Waals surface area (Å²) in [6.07, 6.45) is 1.19. The maximum absolute atomic E-state index is 9.82. The quantitative estimate of drug-likeness (QED) is 0.362. The van der Waals surface area contributed by atoms with Gasteiger partial charge in [-0.2, -0.15) is 0 Å². The summed E-state index contributed by atoms with van der Waals surface area (Å²) in [6, 6.07) is 9.91. The van der Waals surface area contributed by atoms with Gasteiger partial charge in [0.05, 0.1) is 5.56 Å². The van der Waals surface area contributed by atoms with Gasteiger partial charge in [-0.05, 0) is 62.8 Å². The molecule has 5 nitrogen and oxygen atoms in total. The summed E-state index contributed by atoms with van der Waals surface area (Å²) in [5.74, 6) is 2.86. The molecule has 0 saturated carbocycles. The third-order valence-corrected chi connectivity index (χ3v) is 5.04. The molecule has 2 unspecified atom stereocenters. The van der Waals surface area contributed by atoms with Crippen LogP contribution in [0.1, 0.15) is 42.7 Å². The van der Waals surface area contributed by atoms with Gasteiger partial charge in [0.1, 0.15) is 5.75 Å². The lowest BCUT2D eigenvalue weighted by Crippen LogP contribution is -2.43. The normalized spacial score (nSPS) is 20.6. The number of aryl methyl sites for hydroxylation is 3. The van der Waals surface area contributed by atoms with E-state index in [-0.39, 0.29) is 0 Å². The van der Waals surface area contributed by atoms with Crippen molar-refractivity contribution in [1.29, 1.82) is 0 Å². The van der Waals surface area contributed by atoms with E-state index in [1.54, 1.807) is 0 Å². The fourth-order valence-corrected chi connectivity index (χ4v) is 3.92. The SMILES string of the molecule is Cc1ccc(Oc2nc(C)ccc2/C(=N/O)N2CC(C)CC(C)C2)c(C)c1. The van der Waals surface area contributed by atoms with Gasteiger partial charge in [-0.15, -0.1) is 0 Å². The van der Waals surface area contributed by atoms with E-state index in [4.69, 9.17) is 4.74 Å². The lowest BCUT2D eigenvalue weighted by atomic mass is 9.91. The summed E-state index contributed by atoms with van der Waals surface area (Å²) < 4.78 is 6.17. The second kappa shape index (κ2) is 7.99. The van der Waals surface area contributed by atoms with Crippen LogP contribution in [0.4, 0.5) is 0 Å². The standard InChI is InChI=1S/C22H29N3O2/c1-14-6-9-20(17(4)11-14)27-22-19(8-7-18(5)23-22)21(24-26)25-12-15(2)10-16(3)13-25/h6-9,11,15-16,26H,10,12-13H2,1-5H3/b24-21-. The van der Waals surface area contributed by atoms with E-state index in [0.717, 1.165) is 30.1 Å². The summed E-state index contributed by atoms with van der Waals surface area (Å²) >= 11 is 0. The summed E-state index contributed by atoms with van der Waals surface area (Å²) in [5, 5.41) is 13.5. The molecule has 1 N–H and O–H groups in total.